The molecule has 0 atom stereocenters. The molecule has 3 N–H and O–H groups in total. The summed E-state index contributed by atoms with van der Waals surface area (Å²) in [6.45, 7) is 3.83. The van der Waals surface area contributed by atoms with Gasteiger partial charge >= 0.3 is 0 Å². The number of rotatable bonds is 1. The van der Waals surface area contributed by atoms with Gasteiger partial charge in [0.15, 0.2) is 10.9 Å². The molecule has 0 unspecified atom stereocenters. The lowest BCUT2D eigenvalue weighted by Crippen LogP contribution is -2.10. The number of pyridine rings is 2. The maximum absolute atomic E-state index is 13.2. The first-order valence-electron chi connectivity index (χ1n) is 9.18. The average Bonchev–Trinajstić information content (AvgIpc) is 2.67. The lowest BCUT2D eigenvalue weighted by Gasteiger charge is -2.10. The predicted molar refractivity (Wildman–Crippen MR) is 117 cm³/mol. The SMILES string of the molecule is Cc1cc(C)c2[nH]c3cc4c(=O)c5cccc(S(=O)(=O)O)c5[nH]c4cc3c(=O)c2c1. The fourth-order valence-electron chi connectivity index (χ4n) is 4.12. The average molecular weight is 420 g/mol. The molecule has 0 aliphatic rings. The quantitative estimate of drug-likeness (QED) is 0.283. The maximum atomic E-state index is 13.2. The molecule has 7 nitrogen and oxygen atoms in total. The van der Waals surface area contributed by atoms with Crippen molar-refractivity contribution in [2.24, 2.45) is 0 Å². The van der Waals surface area contributed by atoms with Crippen LogP contribution < -0.4 is 10.9 Å². The van der Waals surface area contributed by atoms with Crippen LogP contribution in [0.25, 0.3) is 43.6 Å². The highest BCUT2D eigenvalue weighted by molar-refractivity contribution is 7.86. The summed E-state index contributed by atoms with van der Waals surface area (Å²) in [7, 11) is -4.54. The zero-order valence-electron chi connectivity index (χ0n) is 16.0. The molecule has 0 radical (unpaired) electrons. The van der Waals surface area contributed by atoms with Crippen LogP contribution in [-0.2, 0) is 10.1 Å². The van der Waals surface area contributed by atoms with E-state index in [-0.39, 0.29) is 16.3 Å². The number of aromatic nitrogens is 2. The molecule has 0 amide bonds. The van der Waals surface area contributed by atoms with Gasteiger partial charge in [-0.05, 0) is 55.3 Å². The third-order valence-electron chi connectivity index (χ3n) is 5.44. The Bertz CT molecular complexity index is 1780. The fraction of sp³-hybridized carbons (Fsp3) is 0.0909. The van der Waals surface area contributed by atoms with Crippen molar-refractivity contribution >= 4 is 53.7 Å². The second-order valence-corrected chi connectivity index (χ2v) is 8.90. The molecule has 30 heavy (non-hydrogen) atoms. The van der Waals surface area contributed by atoms with Crippen molar-refractivity contribution in [3.8, 4) is 0 Å². The predicted octanol–water partition coefficient (Wildman–Crippen LogP) is 3.54. The van der Waals surface area contributed by atoms with Gasteiger partial charge in [0.2, 0.25) is 0 Å². The summed E-state index contributed by atoms with van der Waals surface area (Å²) in [5.74, 6) is 0. The zero-order valence-corrected chi connectivity index (χ0v) is 16.8. The lowest BCUT2D eigenvalue weighted by atomic mass is 10.0. The van der Waals surface area contributed by atoms with Crippen molar-refractivity contribution in [2.45, 2.75) is 18.7 Å². The second kappa shape index (κ2) is 6.01. The number of benzene rings is 3. The van der Waals surface area contributed by atoms with E-state index in [0.29, 0.717) is 32.7 Å². The first kappa shape index (κ1) is 18.5. The van der Waals surface area contributed by atoms with Crippen molar-refractivity contribution in [3.05, 3.63) is 74.0 Å². The summed E-state index contributed by atoms with van der Waals surface area (Å²) in [5, 5.41) is 1.36. The molecule has 0 saturated carbocycles. The standard InChI is InChI=1S/C22H16N2O5S/c1-10-6-11(2)19-15(7-10)22(26)14-9-17-13(8-16(14)23-19)21(25)12-4-3-5-18(20(12)24-17)30(27,28)29/h3-9H,1-2H3,(H,23,26)(H,24,25)(H,27,28,29). The molecule has 5 aromatic rings. The number of aryl methyl sites for hydroxylation is 2. The van der Waals surface area contributed by atoms with E-state index in [1.165, 1.54) is 18.2 Å². The second-order valence-electron chi connectivity index (χ2n) is 7.51. The molecular weight excluding hydrogens is 404 g/mol. The van der Waals surface area contributed by atoms with Crippen LogP contribution in [0.15, 0.2) is 56.9 Å². The van der Waals surface area contributed by atoms with Crippen molar-refractivity contribution in [1.29, 1.82) is 0 Å². The van der Waals surface area contributed by atoms with Crippen LogP contribution in [0, 0.1) is 13.8 Å². The Morgan fingerprint density at radius 1 is 0.767 bits per heavy atom. The van der Waals surface area contributed by atoms with Crippen LogP contribution in [0.3, 0.4) is 0 Å². The Morgan fingerprint density at radius 2 is 1.37 bits per heavy atom. The molecule has 0 saturated heterocycles. The largest absolute Gasteiger partial charge is 0.354 e. The van der Waals surface area contributed by atoms with Crippen LogP contribution in [0.4, 0.5) is 0 Å². The summed E-state index contributed by atoms with van der Waals surface area (Å²) in [6.07, 6.45) is 0. The first-order valence-corrected chi connectivity index (χ1v) is 10.6. The van der Waals surface area contributed by atoms with Crippen molar-refractivity contribution < 1.29 is 13.0 Å². The molecule has 2 aromatic heterocycles. The Hall–Kier alpha value is -3.49. The number of hydrogen-bond donors (Lipinski definition) is 3. The molecule has 3 aromatic carbocycles. The minimum atomic E-state index is -4.54. The van der Waals surface area contributed by atoms with Gasteiger partial charge in [-0.1, -0.05) is 12.1 Å². The van der Waals surface area contributed by atoms with Gasteiger partial charge in [0.25, 0.3) is 10.1 Å². The molecular formula is C22H16N2O5S. The summed E-state index contributed by atoms with van der Waals surface area (Å²) < 4.78 is 33.0. The monoisotopic (exact) mass is 420 g/mol. The van der Waals surface area contributed by atoms with Gasteiger partial charge in [-0.2, -0.15) is 8.42 Å². The summed E-state index contributed by atoms with van der Waals surface area (Å²) in [6, 6.07) is 11.0. The highest BCUT2D eigenvalue weighted by Gasteiger charge is 2.18. The molecule has 150 valence electrons. The van der Waals surface area contributed by atoms with E-state index in [1.54, 1.807) is 12.1 Å². The number of fused-ring (bicyclic) bond motifs is 4. The summed E-state index contributed by atoms with van der Waals surface area (Å²) in [5.41, 5.74) is 2.85. The van der Waals surface area contributed by atoms with Gasteiger partial charge in [0.05, 0.1) is 22.1 Å². The maximum Gasteiger partial charge on any atom is 0.296 e. The van der Waals surface area contributed by atoms with Gasteiger partial charge < -0.3 is 9.97 Å². The minimum absolute atomic E-state index is 0.000701. The minimum Gasteiger partial charge on any atom is -0.354 e. The van der Waals surface area contributed by atoms with Crippen molar-refractivity contribution in [3.63, 3.8) is 0 Å². The van der Waals surface area contributed by atoms with Crippen LogP contribution in [0.2, 0.25) is 0 Å². The Labute approximate surface area is 169 Å². The third kappa shape index (κ3) is 2.58. The van der Waals surface area contributed by atoms with Crippen LogP contribution in [0.5, 0.6) is 0 Å². The number of H-pyrrole nitrogens is 2. The summed E-state index contributed by atoms with van der Waals surface area (Å²) in [4.78, 5) is 32.0. The molecule has 0 bridgehead atoms. The Morgan fingerprint density at radius 3 is 2.00 bits per heavy atom. The van der Waals surface area contributed by atoms with Gasteiger partial charge in [0.1, 0.15) is 4.90 Å². The Balaban J connectivity index is 2.01. The Kier molecular flexibility index (Phi) is 3.71. The third-order valence-corrected chi connectivity index (χ3v) is 6.34. The van der Waals surface area contributed by atoms with Crippen LogP contribution in [-0.4, -0.2) is 22.9 Å². The van der Waals surface area contributed by atoms with E-state index in [1.807, 2.05) is 26.0 Å². The normalized spacial score (nSPS) is 12.4. The molecule has 8 heteroatoms. The molecule has 0 aliphatic heterocycles. The molecule has 0 spiro atoms. The van der Waals surface area contributed by atoms with Gasteiger partial charge in [0, 0.05) is 21.5 Å². The van der Waals surface area contributed by atoms with Crippen molar-refractivity contribution in [2.75, 3.05) is 0 Å². The first-order chi connectivity index (χ1) is 14.1. The smallest absolute Gasteiger partial charge is 0.296 e. The number of hydrogen-bond acceptors (Lipinski definition) is 4. The van der Waals surface area contributed by atoms with E-state index in [4.69, 9.17) is 0 Å². The van der Waals surface area contributed by atoms with Crippen LogP contribution in [0.1, 0.15) is 11.1 Å². The molecule has 0 fully saturated rings. The van der Waals surface area contributed by atoms with Gasteiger partial charge in [-0.25, -0.2) is 0 Å². The molecule has 0 aliphatic carbocycles. The van der Waals surface area contributed by atoms with E-state index >= 15 is 0 Å². The lowest BCUT2D eigenvalue weighted by molar-refractivity contribution is 0.484. The van der Waals surface area contributed by atoms with E-state index in [9.17, 15) is 22.6 Å². The number of aromatic amines is 2. The topological polar surface area (TPSA) is 120 Å². The zero-order chi connectivity index (χ0) is 21.4. The van der Waals surface area contributed by atoms with Gasteiger partial charge in [-0.15, -0.1) is 0 Å². The van der Waals surface area contributed by atoms with Crippen LogP contribution >= 0.6 is 0 Å². The highest BCUT2D eigenvalue weighted by Crippen LogP contribution is 2.25. The number of para-hydroxylation sites is 1. The summed E-state index contributed by atoms with van der Waals surface area (Å²) >= 11 is 0. The fourth-order valence-corrected chi connectivity index (χ4v) is 4.79. The highest BCUT2D eigenvalue weighted by atomic mass is 32.2. The number of nitrogens with one attached hydrogen (secondary N) is 2. The van der Waals surface area contributed by atoms with E-state index in [0.717, 1.165) is 11.1 Å². The molecule has 5 rings (SSSR count). The van der Waals surface area contributed by atoms with Gasteiger partial charge in [-0.3, -0.25) is 14.1 Å². The van der Waals surface area contributed by atoms with Crippen molar-refractivity contribution in [1.82, 2.24) is 9.97 Å². The van der Waals surface area contributed by atoms with E-state index < -0.39 is 20.4 Å². The molecule has 2 heterocycles. The van der Waals surface area contributed by atoms with E-state index in [2.05, 4.69) is 9.97 Å².